The van der Waals surface area contributed by atoms with Gasteiger partial charge in [-0.15, -0.1) is 0 Å². The maximum atomic E-state index is 11.7. The Morgan fingerprint density at radius 1 is 1.32 bits per heavy atom. The Bertz CT molecular complexity index is 813. The number of primary amides is 2. The maximum absolute atomic E-state index is 11.7. The molecule has 0 radical (unpaired) electrons. The Balaban J connectivity index is 2.23. The summed E-state index contributed by atoms with van der Waals surface area (Å²) in [5.74, 6) is -0.388. The second-order valence-electron chi connectivity index (χ2n) is 7.93. The molecule has 0 spiro atoms. The lowest BCUT2D eigenvalue weighted by atomic mass is 9.92. The van der Waals surface area contributed by atoms with Crippen molar-refractivity contribution in [2.45, 2.75) is 46.1 Å². The molecule has 0 unspecified atom stereocenters. The third-order valence-electron chi connectivity index (χ3n) is 4.33. The van der Waals surface area contributed by atoms with Gasteiger partial charge in [0.15, 0.2) is 11.5 Å². The van der Waals surface area contributed by atoms with Gasteiger partial charge in [0.25, 0.3) is 5.91 Å². The molecule has 9 nitrogen and oxygen atoms in total. The van der Waals surface area contributed by atoms with Gasteiger partial charge in [-0.25, -0.2) is 9.97 Å². The van der Waals surface area contributed by atoms with E-state index in [2.05, 4.69) is 20.6 Å². The molecule has 1 aromatic rings. The minimum Gasteiger partial charge on any atom is -0.402 e. The van der Waals surface area contributed by atoms with Crippen LogP contribution < -0.4 is 27.8 Å². The van der Waals surface area contributed by atoms with Gasteiger partial charge in [-0.05, 0) is 18.4 Å². The van der Waals surface area contributed by atoms with Crippen molar-refractivity contribution in [3.05, 3.63) is 23.7 Å². The van der Waals surface area contributed by atoms with Crippen molar-refractivity contribution in [1.29, 1.82) is 0 Å². The molecule has 0 aliphatic heterocycles. The first-order valence-corrected chi connectivity index (χ1v) is 9.39. The van der Waals surface area contributed by atoms with Crippen LogP contribution in [0.2, 0.25) is 0 Å². The number of carbonyl (C=O) groups excluding carboxylic acids is 2. The standard InChI is InChI=1S/C18H27N7O2S/c1-18(2,3)11(19)7-13(28)25-17-14(16(21)27)22-8-12(24-17)23-10(15(20)26)6-9-4-5-9/h7-10H,4-6,19H2,1-3H3,(H2,20,26)(H2,21,27)(H2,23,24,25,28)/b11-7-/t10-/m1/s1. The van der Waals surface area contributed by atoms with E-state index in [9.17, 15) is 9.59 Å². The van der Waals surface area contributed by atoms with Crippen LogP contribution in [0.1, 0.15) is 50.5 Å². The van der Waals surface area contributed by atoms with E-state index in [1.165, 1.54) is 6.20 Å². The van der Waals surface area contributed by atoms with E-state index in [0.29, 0.717) is 18.0 Å². The van der Waals surface area contributed by atoms with Gasteiger partial charge in [-0.2, -0.15) is 0 Å². The molecule has 1 aliphatic rings. The lowest BCUT2D eigenvalue weighted by Crippen LogP contribution is -2.36. The van der Waals surface area contributed by atoms with Crippen molar-refractivity contribution < 1.29 is 9.59 Å². The van der Waals surface area contributed by atoms with Crippen molar-refractivity contribution in [3.8, 4) is 0 Å². The van der Waals surface area contributed by atoms with Crippen molar-refractivity contribution >= 4 is 40.7 Å². The second-order valence-corrected chi connectivity index (χ2v) is 8.37. The summed E-state index contributed by atoms with van der Waals surface area (Å²) < 4.78 is 0. The van der Waals surface area contributed by atoms with E-state index in [1.807, 2.05) is 20.8 Å². The fourth-order valence-electron chi connectivity index (χ4n) is 2.35. The van der Waals surface area contributed by atoms with Gasteiger partial charge in [0.1, 0.15) is 16.8 Å². The third kappa shape index (κ3) is 6.15. The van der Waals surface area contributed by atoms with Crippen LogP contribution in [0.5, 0.6) is 0 Å². The number of hydrogen-bond donors (Lipinski definition) is 5. The van der Waals surface area contributed by atoms with Gasteiger partial charge in [0.2, 0.25) is 5.91 Å². The zero-order valence-corrected chi connectivity index (χ0v) is 17.1. The molecule has 1 aliphatic carbocycles. The van der Waals surface area contributed by atoms with Gasteiger partial charge in [0.05, 0.1) is 6.20 Å². The molecule has 2 amide bonds. The molecule has 0 bridgehead atoms. The van der Waals surface area contributed by atoms with Gasteiger partial charge in [-0.3, -0.25) is 9.59 Å². The van der Waals surface area contributed by atoms with E-state index in [0.717, 1.165) is 12.8 Å². The highest BCUT2D eigenvalue weighted by Gasteiger charge is 2.28. The molecule has 8 N–H and O–H groups in total. The van der Waals surface area contributed by atoms with Crippen molar-refractivity contribution in [2.75, 3.05) is 10.6 Å². The number of thiocarbonyl (C=S) groups is 1. The summed E-state index contributed by atoms with van der Waals surface area (Å²) in [7, 11) is 0. The normalized spacial score (nSPS) is 15.6. The number of amides is 2. The second kappa shape index (κ2) is 8.51. The van der Waals surface area contributed by atoms with E-state index in [-0.39, 0.29) is 27.7 Å². The minimum absolute atomic E-state index is 0.0755. The molecule has 1 fully saturated rings. The zero-order valence-electron chi connectivity index (χ0n) is 16.3. The Labute approximate surface area is 169 Å². The van der Waals surface area contributed by atoms with Crippen LogP contribution in [-0.4, -0.2) is 32.8 Å². The molecule has 0 saturated heterocycles. The largest absolute Gasteiger partial charge is 0.402 e. The Kier molecular flexibility index (Phi) is 6.55. The number of nitrogens with one attached hydrogen (secondary N) is 2. The average Bonchev–Trinajstić information content (AvgIpc) is 3.37. The first kappa shape index (κ1) is 21.5. The average molecular weight is 406 g/mol. The number of hydrogen-bond acceptors (Lipinski definition) is 7. The number of rotatable bonds is 8. The first-order valence-electron chi connectivity index (χ1n) is 8.98. The third-order valence-corrected chi connectivity index (χ3v) is 4.55. The number of aromatic nitrogens is 2. The summed E-state index contributed by atoms with van der Waals surface area (Å²) in [4.78, 5) is 32.0. The van der Waals surface area contributed by atoms with Crippen molar-refractivity contribution in [2.24, 2.45) is 28.5 Å². The predicted octanol–water partition coefficient (Wildman–Crippen LogP) is 1.27. The Morgan fingerprint density at radius 3 is 2.46 bits per heavy atom. The minimum atomic E-state index is -0.762. The van der Waals surface area contributed by atoms with Crippen LogP contribution in [0.4, 0.5) is 11.6 Å². The van der Waals surface area contributed by atoms with Crippen molar-refractivity contribution in [3.63, 3.8) is 0 Å². The zero-order chi connectivity index (χ0) is 21.1. The van der Waals surface area contributed by atoms with Crippen LogP contribution in [-0.2, 0) is 4.79 Å². The topological polar surface area (TPSA) is 162 Å². The summed E-state index contributed by atoms with van der Waals surface area (Å²) in [6.45, 7) is 5.85. The molecule has 28 heavy (non-hydrogen) atoms. The highest BCUT2D eigenvalue weighted by atomic mass is 32.1. The van der Waals surface area contributed by atoms with E-state index >= 15 is 0 Å². The first-order chi connectivity index (χ1) is 13.0. The number of nitrogens with zero attached hydrogens (tertiary/aromatic N) is 2. The lowest BCUT2D eigenvalue weighted by Gasteiger charge is -2.19. The molecule has 0 aromatic carbocycles. The molecule has 1 atom stereocenters. The number of allylic oxidation sites excluding steroid dienone is 1. The lowest BCUT2D eigenvalue weighted by molar-refractivity contribution is -0.118. The number of carbonyl (C=O) groups is 2. The molecule has 1 aromatic heterocycles. The van der Waals surface area contributed by atoms with E-state index in [4.69, 9.17) is 29.4 Å². The molecule has 1 saturated carbocycles. The summed E-state index contributed by atoms with van der Waals surface area (Å²) in [5.41, 5.74) is 17.1. The molecule has 1 heterocycles. The molecule has 152 valence electrons. The van der Waals surface area contributed by atoms with Gasteiger partial charge < -0.3 is 27.8 Å². The van der Waals surface area contributed by atoms with Crippen LogP contribution >= 0.6 is 12.2 Å². The van der Waals surface area contributed by atoms with Crippen molar-refractivity contribution in [1.82, 2.24) is 9.97 Å². The summed E-state index contributed by atoms with van der Waals surface area (Å²) >= 11 is 5.28. The fourth-order valence-corrected chi connectivity index (χ4v) is 2.57. The van der Waals surface area contributed by atoms with Gasteiger partial charge in [-0.1, -0.05) is 45.8 Å². The molecule has 2 rings (SSSR count). The van der Waals surface area contributed by atoms with E-state index < -0.39 is 17.9 Å². The SMILES string of the molecule is CC(C)(C)/C(N)=C/C(=S)Nc1nc(N[C@H](CC2CC2)C(N)=O)cnc1C(N)=O. The fraction of sp³-hybridized carbons (Fsp3) is 0.500. The summed E-state index contributed by atoms with van der Waals surface area (Å²) in [5, 5.41) is 5.81. The van der Waals surface area contributed by atoms with Crippen LogP contribution in [0.15, 0.2) is 18.0 Å². The van der Waals surface area contributed by atoms with Gasteiger partial charge in [0, 0.05) is 11.1 Å². The number of nitrogens with two attached hydrogens (primary N) is 3. The molecular weight excluding hydrogens is 378 g/mol. The molecule has 10 heteroatoms. The monoisotopic (exact) mass is 405 g/mol. The predicted molar refractivity (Wildman–Crippen MR) is 112 cm³/mol. The Hall–Kier alpha value is -2.75. The highest BCUT2D eigenvalue weighted by Crippen LogP contribution is 2.34. The maximum Gasteiger partial charge on any atom is 0.271 e. The smallest absolute Gasteiger partial charge is 0.271 e. The summed E-state index contributed by atoms with van der Waals surface area (Å²) in [6.07, 6.45) is 5.71. The van der Waals surface area contributed by atoms with Crippen LogP contribution in [0, 0.1) is 11.3 Å². The van der Waals surface area contributed by atoms with Crippen LogP contribution in [0.3, 0.4) is 0 Å². The van der Waals surface area contributed by atoms with Gasteiger partial charge >= 0.3 is 0 Å². The van der Waals surface area contributed by atoms with E-state index in [1.54, 1.807) is 6.08 Å². The Morgan fingerprint density at radius 2 is 1.96 bits per heavy atom. The van der Waals surface area contributed by atoms with Crippen LogP contribution in [0.25, 0.3) is 0 Å². The molecular formula is C18H27N7O2S. The summed E-state index contributed by atoms with van der Waals surface area (Å²) in [6, 6.07) is -0.572. The highest BCUT2D eigenvalue weighted by molar-refractivity contribution is 7.81. The number of anilines is 2. The quantitative estimate of drug-likeness (QED) is 0.319.